The number of fused-ring (bicyclic) bond motifs is 1. The molecule has 3 rings (SSSR count). The van der Waals surface area contributed by atoms with Crippen molar-refractivity contribution in [3.8, 4) is 0 Å². The number of rotatable bonds is 3. The third-order valence-corrected chi connectivity index (χ3v) is 4.55. The summed E-state index contributed by atoms with van der Waals surface area (Å²) in [7, 11) is 0. The normalized spacial score (nSPS) is 20.2. The first-order valence-electron chi connectivity index (χ1n) is 6.50. The van der Waals surface area contributed by atoms with Gasteiger partial charge in [0.25, 0.3) is 0 Å². The van der Waals surface area contributed by atoms with Crippen LogP contribution in [-0.2, 0) is 0 Å². The highest BCUT2D eigenvalue weighted by Gasteiger charge is 2.13. The molecule has 1 fully saturated rings. The first-order valence-corrected chi connectivity index (χ1v) is 7.38. The molecule has 0 aromatic carbocycles. The Morgan fingerprint density at radius 3 is 3.22 bits per heavy atom. The van der Waals surface area contributed by atoms with Crippen LogP contribution < -0.4 is 10.6 Å². The van der Waals surface area contributed by atoms with Gasteiger partial charge < -0.3 is 10.6 Å². The summed E-state index contributed by atoms with van der Waals surface area (Å²) in [6.45, 7) is 4.19. The van der Waals surface area contributed by atoms with Crippen LogP contribution in [0.3, 0.4) is 0 Å². The molecule has 0 radical (unpaired) electrons. The van der Waals surface area contributed by atoms with E-state index in [0.717, 1.165) is 24.4 Å². The van der Waals surface area contributed by atoms with E-state index in [1.54, 1.807) is 17.7 Å². The second-order valence-corrected chi connectivity index (χ2v) is 5.73. The summed E-state index contributed by atoms with van der Waals surface area (Å²) in [6.07, 6.45) is 5.54. The van der Waals surface area contributed by atoms with Gasteiger partial charge >= 0.3 is 0 Å². The molecule has 2 aromatic heterocycles. The van der Waals surface area contributed by atoms with Crippen molar-refractivity contribution in [3.05, 3.63) is 17.3 Å². The van der Waals surface area contributed by atoms with E-state index in [4.69, 9.17) is 0 Å². The molecule has 0 amide bonds. The maximum absolute atomic E-state index is 4.37. The van der Waals surface area contributed by atoms with Crippen LogP contribution in [0.2, 0.25) is 0 Å². The summed E-state index contributed by atoms with van der Waals surface area (Å²) in [5.74, 6) is 0.977. The van der Waals surface area contributed by atoms with Crippen molar-refractivity contribution >= 4 is 27.4 Å². The molecular formula is C13H18N4S. The number of hydrogen-bond donors (Lipinski definition) is 2. The van der Waals surface area contributed by atoms with Crippen LogP contribution in [0.15, 0.2) is 11.7 Å². The molecule has 1 aliphatic rings. The molecule has 5 heteroatoms. The minimum Gasteiger partial charge on any atom is -0.367 e. The monoisotopic (exact) mass is 262 g/mol. The molecule has 0 spiro atoms. The van der Waals surface area contributed by atoms with Gasteiger partial charge in [0.05, 0.1) is 10.2 Å². The van der Waals surface area contributed by atoms with E-state index < -0.39 is 0 Å². The maximum Gasteiger partial charge on any atom is 0.147 e. The number of nitrogens with zero attached hydrogens (tertiary/aromatic N) is 2. The van der Waals surface area contributed by atoms with Crippen molar-refractivity contribution in [3.63, 3.8) is 0 Å². The summed E-state index contributed by atoms with van der Waals surface area (Å²) < 4.78 is 1.17. The fourth-order valence-electron chi connectivity index (χ4n) is 2.41. The Balaban J connectivity index is 1.74. The molecule has 18 heavy (non-hydrogen) atoms. The number of piperidine rings is 1. The molecule has 0 aliphatic carbocycles. The first-order chi connectivity index (χ1) is 8.84. The molecule has 1 aliphatic heterocycles. The van der Waals surface area contributed by atoms with Gasteiger partial charge in [0.15, 0.2) is 0 Å². The van der Waals surface area contributed by atoms with E-state index in [-0.39, 0.29) is 0 Å². The summed E-state index contributed by atoms with van der Waals surface area (Å²) in [5, 5.41) is 9.15. The summed E-state index contributed by atoms with van der Waals surface area (Å²) in [4.78, 5) is 8.70. The summed E-state index contributed by atoms with van der Waals surface area (Å²) >= 11 is 1.72. The van der Waals surface area contributed by atoms with Crippen LogP contribution in [0.25, 0.3) is 10.2 Å². The zero-order valence-corrected chi connectivity index (χ0v) is 11.4. The highest BCUT2D eigenvalue weighted by atomic mass is 32.1. The van der Waals surface area contributed by atoms with Crippen molar-refractivity contribution in [2.75, 3.05) is 18.4 Å². The number of thiophene rings is 1. The lowest BCUT2D eigenvalue weighted by molar-refractivity contribution is 0.414. The standard InChI is InChI=1S/C13H18N4S/c1-9-7-18-12-11(9)16-8-17-13(12)15-6-10-4-2-3-5-14-10/h7-8,10,14H,2-6H2,1H3,(H,15,16,17). The van der Waals surface area contributed by atoms with Crippen LogP contribution in [0.5, 0.6) is 0 Å². The van der Waals surface area contributed by atoms with Gasteiger partial charge in [-0.2, -0.15) is 0 Å². The molecule has 1 atom stereocenters. The average Bonchev–Trinajstić information content (AvgIpc) is 2.80. The van der Waals surface area contributed by atoms with Gasteiger partial charge in [-0.05, 0) is 37.3 Å². The second-order valence-electron chi connectivity index (χ2n) is 4.85. The maximum atomic E-state index is 4.37. The van der Waals surface area contributed by atoms with E-state index in [2.05, 4.69) is 32.9 Å². The smallest absolute Gasteiger partial charge is 0.147 e. The van der Waals surface area contributed by atoms with Gasteiger partial charge in [0.2, 0.25) is 0 Å². The third kappa shape index (κ3) is 2.33. The van der Waals surface area contributed by atoms with Gasteiger partial charge in [-0.1, -0.05) is 6.42 Å². The number of aromatic nitrogens is 2. The highest BCUT2D eigenvalue weighted by Crippen LogP contribution is 2.28. The van der Waals surface area contributed by atoms with E-state index >= 15 is 0 Å². The lowest BCUT2D eigenvalue weighted by Crippen LogP contribution is -2.39. The second kappa shape index (κ2) is 5.20. The lowest BCUT2D eigenvalue weighted by atomic mass is 10.1. The molecule has 2 aromatic rings. The molecular weight excluding hydrogens is 244 g/mol. The Bertz CT molecular complexity index is 531. The van der Waals surface area contributed by atoms with E-state index in [1.807, 2.05) is 0 Å². The fraction of sp³-hybridized carbons (Fsp3) is 0.538. The molecule has 0 bridgehead atoms. The number of hydrogen-bond acceptors (Lipinski definition) is 5. The van der Waals surface area contributed by atoms with Crippen molar-refractivity contribution in [2.24, 2.45) is 0 Å². The zero-order valence-electron chi connectivity index (χ0n) is 10.6. The van der Waals surface area contributed by atoms with Crippen molar-refractivity contribution in [2.45, 2.75) is 32.2 Å². The largest absolute Gasteiger partial charge is 0.367 e. The molecule has 1 unspecified atom stereocenters. The predicted octanol–water partition coefficient (Wildman–Crippen LogP) is 2.55. The van der Waals surface area contributed by atoms with Gasteiger partial charge in [-0.3, -0.25) is 0 Å². The van der Waals surface area contributed by atoms with Crippen molar-refractivity contribution in [1.82, 2.24) is 15.3 Å². The Hall–Kier alpha value is -1.20. The molecule has 2 N–H and O–H groups in total. The molecule has 4 nitrogen and oxygen atoms in total. The van der Waals surface area contributed by atoms with Crippen LogP contribution in [-0.4, -0.2) is 29.1 Å². The lowest BCUT2D eigenvalue weighted by Gasteiger charge is -2.23. The topological polar surface area (TPSA) is 49.8 Å². The van der Waals surface area contributed by atoms with Gasteiger partial charge in [-0.15, -0.1) is 11.3 Å². The average molecular weight is 262 g/mol. The minimum atomic E-state index is 0.574. The van der Waals surface area contributed by atoms with Gasteiger partial charge in [0.1, 0.15) is 12.1 Å². The summed E-state index contributed by atoms with van der Waals surface area (Å²) in [6, 6.07) is 0.574. The van der Waals surface area contributed by atoms with Crippen LogP contribution >= 0.6 is 11.3 Å². The Kier molecular flexibility index (Phi) is 3.43. The van der Waals surface area contributed by atoms with Crippen molar-refractivity contribution < 1.29 is 0 Å². The highest BCUT2D eigenvalue weighted by molar-refractivity contribution is 7.18. The van der Waals surface area contributed by atoms with Crippen molar-refractivity contribution in [1.29, 1.82) is 0 Å². The Morgan fingerprint density at radius 2 is 2.39 bits per heavy atom. The van der Waals surface area contributed by atoms with Gasteiger partial charge in [0, 0.05) is 12.6 Å². The zero-order chi connectivity index (χ0) is 12.4. The summed E-state index contributed by atoms with van der Waals surface area (Å²) in [5.41, 5.74) is 2.31. The number of aryl methyl sites for hydroxylation is 1. The number of anilines is 1. The minimum absolute atomic E-state index is 0.574. The molecule has 96 valence electrons. The molecule has 0 saturated carbocycles. The van der Waals surface area contributed by atoms with Gasteiger partial charge in [-0.25, -0.2) is 9.97 Å². The van der Waals surface area contributed by atoms with E-state index in [0.29, 0.717) is 6.04 Å². The molecule has 1 saturated heterocycles. The molecule has 3 heterocycles. The van der Waals surface area contributed by atoms with Crippen LogP contribution in [0, 0.1) is 6.92 Å². The fourth-order valence-corrected chi connectivity index (χ4v) is 3.38. The SMILES string of the molecule is Cc1csc2c(NCC3CCCCN3)ncnc12. The Labute approximate surface area is 111 Å². The third-order valence-electron chi connectivity index (χ3n) is 3.46. The Morgan fingerprint density at radius 1 is 1.44 bits per heavy atom. The van der Waals surface area contributed by atoms with E-state index in [9.17, 15) is 0 Å². The van der Waals surface area contributed by atoms with E-state index in [1.165, 1.54) is 29.5 Å². The first kappa shape index (κ1) is 11.9. The quantitative estimate of drug-likeness (QED) is 0.892. The predicted molar refractivity (Wildman–Crippen MR) is 76.3 cm³/mol. The van der Waals surface area contributed by atoms with Crippen LogP contribution in [0.4, 0.5) is 5.82 Å². The number of nitrogens with one attached hydrogen (secondary N) is 2. The van der Waals surface area contributed by atoms with Crippen LogP contribution in [0.1, 0.15) is 24.8 Å².